The Balaban J connectivity index is 1.54. The number of carbonyl (C=O) groups excluding carboxylic acids is 1. The molecule has 0 spiro atoms. The SMILES string of the molecule is Cc1cc(OCc2ccc(C(=O)NC3CCCCC3)o2)ccc1Cl. The Bertz CT molecular complexity index is 704. The van der Waals surface area contributed by atoms with E-state index in [9.17, 15) is 4.79 Å². The van der Waals surface area contributed by atoms with Crippen LogP contribution in [-0.2, 0) is 6.61 Å². The van der Waals surface area contributed by atoms with E-state index in [0.717, 1.165) is 24.2 Å². The smallest absolute Gasteiger partial charge is 0.287 e. The second kappa shape index (κ2) is 7.75. The lowest BCUT2D eigenvalue weighted by molar-refractivity contribution is 0.0895. The van der Waals surface area contributed by atoms with Gasteiger partial charge in [0, 0.05) is 11.1 Å². The van der Waals surface area contributed by atoms with Gasteiger partial charge in [0.25, 0.3) is 5.91 Å². The summed E-state index contributed by atoms with van der Waals surface area (Å²) in [6.07, 6.45) is 5.74. The Kier molecular flexibility index (Phi) is 5.46. The van der Waals surface area contributed by atoms with Crippen LogP contribution in [0.4, 0.5) is 0 Å². The maximum Gasteiger partial charge on any atom is 0.287 e. The summed E-state index contributed by atoms with van der Waals surface area (Å²) < 4.78 is 11.3. The third-order valence-electron chi connectivity index (χ3n) is 4.34. The van der Waals surface area contributed by atoms with E-state index in [0.29, 0.717) is 16.5 Å². The van der Waals surface area contributed by atoms with Crippen molar-refractivity contribution in [3.05, 3.63) is 52.4 Å². The second-order valence-corrected chi connectivity index (χ2v) is 6.68. The monoisotopic (exact) mass is 347 g/mol. The average molecular weight is 348 g/mol. The Morgan fingerprint density at radius 3 is 2.79 bits per heavy atom. The van der Waals surface area contributed by atoms with Gasteiger partial charge in [0.1, 0.15) is 18.1 Å². The maximum absolute atomic E-state index is 12.2. The molecule has 1 aliphatic carbocycles. The Morgan fingerprint density at radius 1 is 1.25 bits per heavy atom. The van der Waals surface area contributed by atoms with Crippen LogP contribution in [-0.4, -0.2) is 11.9 Å². The van der Waals surface area contributed by atoms with Gasteiger partial charge in [0.05, 0.1) is 0 Å². The number of ether oxygens (including phenoxy) is 1. The minimum atomic E-state index is -0.143. The van der Waals surface area contributed by atoms with Crippen LogP contribution in [0.25, 0.3) is 0 Å². The number of hydrogen-bond acceptors (Lipinski definition) is 3. The van der Waals surface area contributed by atoms with Gasteiger partial charge in [-0.1, -0.05) is 30.9 Å². The number of benzene rings is 1. The van der Waals surface area contributed by atoms with Crippen molar-refractivity contribution < 1.29 is 13.9 Å². The van der Waals surface area contributed by atoms with E-state index in [2.05, 4.69) is 5.32 Å². The molecule has 0 aliphatic heterocycles. The number of nitrogens with one attached hydrogen (secondary N) is 1. The molecule has 1 saturated carbocycles. The number of carbonyl (C=O) groups is 1. The minimum absolute atomic E-state index is 0.143. The quantitative estimate of drug-likeness (QED) is 0.838. The molecule has 24 heavy (non-hydrogen) atoms. The van der Waals surface area contributed by atoms with Crippen LogP contribution in [0.2, 0.25) is 5.02 Å². The normalized spacial score (nSPS) is 15.2. The molecule has 1 N–H and O–H groups in total. The molecule has 1 amide bonds. The molecular weight excluding hydrogens is 326 g/mol. The largest absolute Gasteiger partial charge is 0.486 e. The van der Waals surface area contributed by atoms with E-state index in [1.807, 2.05) is 19.1 Å². The number of halogens is 1. The molecule has 0 radical (unpaired) electrons. The van der Waals surface area contributed by atoms with E-state index in [1.165, 1.54) is 19.3 Å². The predicted molar refractivity (Wildman–Crippen MR) is 93.6 cm³/mol. The third kappa shape index (κ3) is 4.32. The predicted octanol–water partition coefficient (Wildman–Crippen LogP) is 4.88. The molecule has 3 rings (SSSR count). The number of amides is 1. The van der Waals surface area contributed by atoms with Crippen LogP contribution in [0.1, 0.15) is 54.0 Å². The number of rotatable bonds is 5. The molecule has 4 nitrogen and oxygen atoms in total. The van der Waals surface area contributed by atoms with Crippen molar-refractivity contribution in [2.45, 2.75) is 51.7 Å². The van der Waals surface area contributed by atoms with E-state index >= 15 is 0 Å². The molecule has 0 bridgehead atoms. The molecule has 2 aromatic rings. The molecule has 1 aliphatic rings. The number of aryl methyl sites for hydroxylation is 1. The van der Waals surface area contributed by atoms with E-state index < -0.39 is 0 Å². The van der Waals surface area contributed by atoms with Crippen LogP contribution in [0, 0.1) is 6.92 Å². The summed E-state index contributed by atoms with van der Waals surface area (Å²) in [7, 11) is 0. The maximum atomic E-state index is 12.2. The van der Waals surface area contributed by atoms with Crippen molar-refractivity contribution in [3.8, 4) is 5.75 Å². The first kappa shape index (κ1) is 16.9. The van der Waals surface area contributed by atoms with Gasteiger partial charge in [-0.2, -0.15) is 0 Å². The third-order valence-corrected chi connectivity index (χ3v) is 4.76. The first-order valence-electron chi connectivity index (χ1n) is 8.40. The van der Waals surface area contributed by atoms with Crippen LogP contribution in [0.5, 0.6) is 5.75 Å². The zero-order chi connectivity index (χ0) is 16.9. The highest BCUT2D eigenvalue weighted by Crippen LogP contribution is 2.22. The van der Waals surface area contributed by atoms with E-state index in [-0.39, 0.29) is 18.6 Å². The number of hydrogen-bond donors (Lipinski definition) is 1. The molecule has 1 fully saturated rings. The molecule has 5 heteroatoms. The summed E-state index contributed by atoms with van der Waals surface area (Å²) >= 11 is 6.00. The summed E-state index contributed by atoms with van der Waals surface area (Å²) in [5, 5.41) is 3.76. The van der Waals surface area contributed by atoms with Crippen molar-refractivity contribution >= 4 is 17.5 Å². The van der Waals surface area contributed by atoms with Crippen LogP contribution < -0.4 is 10.1 Å². The topological polar surface area (TPSA) is 51.5 Å². The summed E-state index contributed by atoms with van der Waals surface area (Å²) in [6, 6.07) is 9.24. The highest BCUT2D eigenvalue weighted by atomic mass is 35.5. The molecular formula is C19H22ClNO3. The van der Waals surface area contributed by atoms with Gasteiger partial charge in [-0.15, -0.1) is 0 Å². The second-order valence-electron chi connectivity index (χ2n) is 6.27. The fraction of sp³-hybridized carbons (Fsp3) is 0.421. The average Bonchev–Trinajstić information content (AvgIpc) is 3.06. The van der Waals surface area contributed by atoms with Crippen molar-refractivity contribution in [1.29, 1.82) is 0 Å². The molecule has 1 aromatic heterocycles. The van der Waals surface area contributed by atoms with Gasteiger partial charge in [-0.3, -0.25) is 4.79 Å². The van der Waals surface area contributed by atoms with Crippen LogP contribution >= 0.6 is 11.6 Å². The Morgan fingerprint density at radius 2 is 2.04 bits per heavy atom. The van der Waals surface area contributed by atoms with Gasteiger partial charge in [0.2, 0.25) is 0 Å². The van der Waals surface area contributed by atoms with Gasteiger partial charge in [0.15, 0.2) is 5.76 Å². The van der Waals surface area contributed by atoms with E-state index in [1.54, 1.807) is 18.2 Å². The summed E-state index contributed by atoms with van der Waals surface area (Å²) in [6.45, 7) is 2.20. The number of furan rings is 1. The fourth-order valence-corrected chi connectivity index (χ4v) is 3.06. The van der Waals surface area contributed by atoms with Crippen molar-refractivity contribution in [2.24, 2.45) is 0 Å². The van der Waals surface area contributed by atoms with Crippen LogP contribution in [0.3, 0.4) is 0 Å². The molecule has 0 unspecified atom stereocenters. The lowest BCUT2D eigenvalue weighted by atomic mass is 9.95. The first-order chi connectivity index (χ1) is 11.6. The molecule has 0 atom stereocenters. The van der Waals surface area contributed by atoms with Gasteiger partial charge in [-0.25, -0.2) is 0 Å². The van der Waals surface area contributed by atoms with Crippen LogP contribution in [0.15, 0.2) is 34.7 Å². The Hall–Kier alpha value is -1.94. The lowest BCUT2D eigenvalue weighted by Crippen LogP contribution is -2.35. The molecule has 0 saturated heterocycles. The highest BCUT2D eigenvalue weighted by Gasteiger charge is 2.18. The molecule has 1 aromatic carbocycles. The standard InChI is InChI=1S/C19H22ClNO3/c1-13-11-15(7-9-17(13)20)23-12-16-8-10-18(24-16)19(22)21-14-5-3-2-4-6-14/h7-11,14H,2-6,12H2,1H3,(H,21,22). The van der Waals surface area contributed by atoms with Gasteiger partial charge < -0.3 is 14.5 Å². The zero-order valence-electron chi connectivity index (χ0n) is 13.8. The fourth-order valence-electron chi connectivity index (χ4n) is 2.94. The lowest BCUT2D eigenvalue weighted by Gasteiger charge is -2.22. The summed E-state index contributed by atoms with van der Waals surface area (Å²) in [5.41, 5.74) is 0.959. The highest BCUT2D eigenvalue weighted by molar-refractivity contribution is 6.31. The summed E-state index contributed by atoms with van der Waals surface area (Å²) in [5.74, 6) is 1.54. The van der Waals surface area contributed by atoms with E-state index in [4.69, 9.17) is 20.8 Å². The zero-order valence-corrected chi connectivity index (χ0v) is 14.6. The van der Waals surface area contributed by atoms with Crippen molar-refractivity contribution in [1.82, 2.24) is 5.32 Å². The molecule has 128 valence electrons. The molecule has 1 heterocycles. The Labute approximate surface area is 147 Å². The van der Waals surface area contributed by atoms with Gasteiger partial charge >= 0.3 is 0 Å². The van der Waals surface area contributed by atoms with Gasteiger partial charge in [-0.05, 0) is 55.7 Å². The summed E-state index contributed by atoms with van der Waals surface area (Å²) in [4.78, 5) is 12.2. The minimum Gasteiger partial charge on any atom is -0.486 e. The van der Waals surface area contributed by atoms with Crippen molar-refractivity contribution in [2.75, 3.05) is 0 Å². The first-order valence-corrected chi connectivity index (χ1v) is 8.78. The van der Waals surface area contributed by atoms with Crippen molar-refractivity contribution in [3.63, 3.8) is 0 Å².